The van der Waals surface area contributed by atoms with Gasteiger partial charge in [0.25, 0.3) is 0 Å². The Kier molecular flexibility index (Phi) is 12.9. The van der Waals surface area contributed by atoms with E-state index in [4.69, 9.17) is 4.74 Å². The molecule has 236 valence electrons. The molecule has 2 aromatic carbocycles. The van der Waals surface area contributed by atoms with Crippen molar-refractivity contribution in [3.8, 4) is 11.1 Å². The molecule has 43 heavy (non-hydrogen) atoms. The van der Waals surface area contributed by atoms with Gasteiger partial charge in [0, 0.05) is 12.2 Å². The molecule has 0 amide bonds. The maximum absolute atomic E-state index is 12.0. The summed E-state index contributed by atoms with van der Waals surface area (Å²) < 4.78 is 5.49. The molecule has 1 unspecified atom stereocenters. The van der Waals surface area contributed by atoms with Gasteiger partial charge in [0.2, 0.25) is 0 Å². The number of aryl methyl sites for hydroxylation is 2. The number of aliphatic hydroxyl groups excluding tert-OH is 1. The lowest BCUT2D eigenvalue weighted by molar-refractivity contribution is -0.140. The Hall–Kier alpha value is -2.39. The summed E-state index contributed by atoms with van der Waals surface area (Å²) in [7, 11) is 0. The predicted octanol–water partition coefficient (Wildman–Crippen LogP) is 10.2. The van der Waals surface area contributed by atoms with Gasteiger partial charge in [-0.05, 0) is 141 Å². The van der Waals surface area contributed by atoms with Crippen LogP contribution < -0.4 is 0 Å². The van der Waals surface area contributed by atoms with Crippen LogP contribution in [-0.2, 0) is 22.4 Å². The molecule has 2 fully saturated rings. The molecule has 2 aliphatic rings. The van der Waals surface area contributed by atoms with Crippen LogP contribution in [0, 0.1) is 30.6 Å². The molecule has 0 saturated heterocycles. The summed E-state index contributed by atoms with van der Waals surface area (Å²) in [6.45, 7) is 12.8. The topological polar surface area (TPSA) is 46.5 Å². The first-order chi connectivity index (χ1) is 20.8. The molecule has 0 aromatic heterocycles. The molecular formula is C40H58O3. The van der Waals surface area contributed by atoms with E-state index >= 15 is 0 Å². The minimum Gasteiger partial charge on any atom is -0.462 e. The second-order valence-corrected chi connectivity index (χ2v) is 13.9. The normalized spacial score (nSPS) is 23.1. The van der Waals surface area contributed by atoms with E-state index in [0.717, 1.165) is 37.0 Å². The molecule has 2 aromatic rings. The maximum Gasteiger partial charge on any atom is 0.333 e. The molecule has 0 aliphatic heterocycles. The van der Waals surface area contributed by atoms with Crippen LogP contribution in [0.3, 0.4) is 0 Å². The first-order valence-corrected chi connectivity index (χ1v) is 17.5. The van der Waals surface area contributed by atoms with E-state index in [9.17, 15) is 9.90 Å². The number of carbonyl (C=O) groups is 1. The van der Waals surface area contributed by atoms with Gasteiger partial charge in [-0.2, -0.15) is 0 Å². The van der Waals surface area contributed by atoms with Crippen LogP contribution in [-0.4, -0.2) is 24.3 Å². The number of hydrogen-bond acceptors (Lipinski definition) is 3. The number of rotatable bonds is 14. The Labute approximate surface area is 262 Å². The molecule has 0 bridgehead atoms. The fourth-order valence-corrected chi connectivity index (χ4v) is 8.18. The van der Waals surface area contributed by atoms with Crippen molar-refractivity contribution in [2.45, 2.75) is 124 Å². The number of benzene rings is 2. The van der Waals surface area contributed by atoms with Crippen LogP contribution >= 0.6 is 0 Å². The van der Waals surface area contributed by atoms with Crippen molar-refractivity contribution in [1.29, 1.82) is 0 Å². The highest BCUT2D eigenvalue weighted by Crippen LogP contribution is 2.45. The Bertz CT molecular complexity index is 1180. The molecule has 1 N–H and O–H groups in total. The molecule has 2 aliphatic carbocycles. The molecule has 3 nitrogen and oxygen atoms in total. The predicted molar refractivity (Wildman–Crippen MR) is 180 cm³/mol. The summed E-state index contributed by atoms with van der Waals surface area (Å²) in [5.74, 6) is 3.52. The van der Waals surface area contributed by atoms with Gasteiger partial charge in [-0.3, -0.25) is 0 Å². The fourth-order valence-electron chi connectivity index (χ4n) is 8.18. The fraction of sp³-hybridized carbons (Fsp3) is 0.625. The van der Waals surface area contributed by atoms with Gasteiger partial charge in [-0.1, -0.05) is 82.5 Å². The quantitative estimate of drug-likeness (QED) is 0.177. The third-order valence-electron chi connectivity index (χ3n) is 10.7. The first-order valence-electron chi connectivity index (χ1n) is 17.5. The van der Waals surface area contributed by atoms with E-state index in [0.29, 0.717) is 24.5 Å². The third kappa shape index (κ3) is 9.30. The minimum atomic E-state index is -0.338. The van der Waals surface area contributed by atoms with Gasteiger partial charge in [0.1, 0.15) is 0 Å². The summed E-state index contributed by atoms with van der Waals surface area (Å²) >= 11 is 0. The second kappa shape index (κ2) is 16.6. The van der Waals surface area contributed by atoms with Crippen molar-refractivity contribution in [1.82, 2.24) is 0 Å². The molecular weight excluding hydrogens is 528 g/mol. The Morgan fingerprint density at radius 3 is 2.28 bits per heavy atom. The van der Waals surface area contributed by atoms with E-state index in [2.05, 4.69) is 63.7 Å². The van der Waals surface area contributed by atoms with E-state index in [1.54, 1.807) is 12.5 Å². The SMILES string of the molecule is C=C(C)C(=O)OCC(CCCO)Cc1ccc(-c2ccc(C3CCC(C4CCC(CCC)CC4)CC3)c(C)c2)c(CC)c1. The Balaban J connectivity index is 1.38. The Morgan fingerprint density at radius 2 is 1.67 bits per heavy atom. The van der Waals surface area contributed by atoms with Crippen LogP contribution in [0.15, 0.2) is 48.6 Å². The largest absolute Gasteiger partial charge is 0.462 e. The van der Waals surface area contributed by atoms with E-state index in [-0.39, 0.29) is 18.5 Å². The average molecular weight is 587 g/mol. The third-order valence-corrected chi connectivity index (χ3v) is 10.7. The van der Waals surface area contributed by atoms with Gasteiger partial charge in [-0.25, -0.2) is 4.79 Å². The average Bonchev–Trinajstić information content (AvgIpc) is 3.02. The molecule has 0 heterocycles. The smallest absolute Gasteiger partial charge is 0.333 e. The van der Waals surface area contributed by atoms with Crippen LogP contribution in [0.1, 0.15) is 126 Å². The van der Waals surface area contributed by atoms with Crippen molar-refractivity contribution >= 4 is 5.97 Å². The highest BCUT2D eigenvalue weighted by Gasteiger charge is 2.31. The number of hydrogen-bond donors (Lipinski definition) is 1. The molecule has 3 heteroatoms. The van der Waals surface area contributed by atoms with Crippen LogP contribution in [0.4, 0.5) is 0 Å². The number of aliphatic hydroxyl groups is 1. The molecule has 4 rings (SSSR count). The lowest BCUT2D eigenvalue weighted by atomic mass is 9.67. The first kappa shape index (κ1) is 33.5. The van der Waals surface area contributed by atoms with Gasteiger partial charge < -0.3 is 9.84 Å². The molecule has 0 radical (unpaired) electrons. The zero-order valence-corrected chi connectivity index (χ0v) is 27.6. The van der Waals surface area contributed by atoms with Crippen molar-refractivity contribution in [3.05, 3.63) is 70.8 Å². The molecule has 2 saturated carbocycles. The van der Waals surface area contributed by atoms with E-state index in [1.165, 1.54) is 92.0 Å². The van der Waals surface area contributed by atoms with Crippen LogP contribution in [0.25, 0.3) is 11.1 Å². The zero-order chi connectivity index (χ0) is 30.8. The van der Waals surface area contributed by atoms with Gasteiger partial charge in [0.05, 0.1) is 6.61 Å². The number of esters is 1. The van der Waals surface area contributed by atoms with Crippen LogP contribution in [0.5, 0.6) is 0 Å². The Morgan fingerprint density at radius 1 is 0.977 bits per heavy atom. The highest BCUT2D eigenvalue weighted by atomic mass is 16.5. The lowest BCUT2D eigenvalue weighted by Crippen LogP contribution is -2.25. The second-order valence-electron chi connectivity index (χ2n) is 13.9. The van der Waals surface area contributed by atoms with Crippen molar-refractivity contribution in [2.24, 2.45) is 23.7 Å². The maximum atomic E-state index is 12.0. The number of carbonyl (C=O) groups excluding carboxylic acids is 1. The van der Waals surface area contributed by atoms with Gasteiger partial charge >= 0.3 is 5.97 Å². The molecule has 0 spiro atoms. The van der Waals surface area contributed by atoms with Gasteiger partial charge in [-0.15, -0.1) is 0 Å². The van der Waals surface area contributed by atoms with Crippen molar-refractivity contribution in [2.75, 3.05) is 13.2 Å². The number of ether oxygens (including phenoxy) is 1. The summed E-state index contributed by atoms with van der Waals surface area (Å²) in [4.78, 5) is 12.0. The summed E-state index contributed by atoms with van der Waals surface area (Å²) in [5.41, 5.74) is 8.69. The van der Waals surface area contributed by atoms with E-state index < -0.39 is 0 Å². The lowest BCUT2D eigenvalue weighted by Gasteiger charge is -2.38. The summed E-state index contributed by atoms with van der Waals surface area (Å²) in [6, 6.07) is 14.1. The minimum absolute atomic E-state index is 0.154. The summed E-state index contributed by atoms with van der Waals surface area (Å²) in [6.07, 6.45) is 17.6. The van der Waals surface area contributed by atoms with E-state index in [1.807, 2.05) is 0 Å². The van der Waals surface area contributed by atoms with Gasteiger partial charge in [0.15, 0.2) is 0 Å². The summed E-state index contributed by atoms with van der Waals surface area (Å²) in [5, 5.41) is 9.38. The standard InChI is InChI=1S/C40H58O3/c1-6-9-30-11-14-34(15-12-30)35-16-18-36(19-17-35)38-22-20-37(24-29(38)5)39-21-13-31(26-33(39)7-2)25-32(10-8-23-41)27-43-40(42)28(3)4/h13,20-22,24,26,30,32,34-36,41H,3,6-12,14-19,23,25,27H2,1-2,4-5H3. The van der Waals surface area contributed by atoms with Crippen molar-refractivity contribution in [3.63, 3.8) is 0 Å². The van der Waals surface area contributed by atoms with Crippen molar-refractivity contribution < 1.29 is 14.6 Å². The monoisotopic (exact) mass is 586 g/mol. The molecule has 1 atom stereocenters. The van der Waals surface area contributed by atoms with Crippen LogP contribution in [0.2, 0.25) is 0 Å². The zero-order valence-electron chi connectivity index (χ0n) is 27.6. The highest BCUT2D eigenvalue weighted by molar-refractivity contribution is 5.86.